The summed E-state index contributed by atoms with van der Waals surface area (Å²) >= 11 is 1.59. The minimum absolute atomic E-state index is 0. The van der Waals surface area contributed by atoms with Crippen LogP contribution in [0.2, 0.25) is 0 Å². The molecule has 128 valence electrons. The molecule has 0 aromatic carbocycles. The fraction of sp³-hybridized carbons (Fsp3) is 0.882. The Bertz CT molecular complexity index is 376. The van der Waals surface area contributed by atoms with Crippen LogP contribution in [0.25, 0.3) is 0 Å². The zero-order valence-corrected chi connectivity index (χ0v) is 14.2. The lowest BCUT2D eigenvalue weighted by Crippen LogP contribution is -2.57. The molecule has 0 aliphatic carbocycles. The maximum absolute atomic E-state index is 12.2. The van der Waals surface area contributed by atoms with E-state index in [-0.39, 0.29) is 13.3 Å². The van der Waals surface area contributed by atoms with Crippen LogP contribution in [0.15, 0.2) is 0 Å². The molecule has 0 unspecified atom stereocenters. The Labute approximate surface area is 140 Å². The van der Waals surface area contributed by atoms with E-state index in [0.29, 0.717) is 30.0 Å². The van der Waals surface area contributed by atoms with E-state index < -0.39 is 0 Å². The number of hydrogen-bond donors (Lipinski definition) is 0. The summed E-state index contributed by atoms with van der Waals surface area (Å²) < 4.78 is 0. The first-order valence-electron chi connectivity index (χ1n) is 8.23. The van der Waals surface area contributed by atoms with Gasteiger partial charge in [0, 0.05) is 32.1 Å². The highest BCUT2D eigenvalue weighted by molar-refractivity contribution is 7.99. The summed E-state index contributed by atoms with van der Waals surface area (Å²) in [6.07, 6.45) is 8.05. The number of unbranched alkanes of at least 4 members (excludes halogenated alkanes) is 2. The molecule has 2 fully saturated rings. The summed E-state index contributed by atoms with van der Waals surface area (Å²) in [4.78, 5) is 28.4. The molecule has 0 radical (unpaired) electrons. The Balaban J connectivity index is 0.00000242. The largest absolute Gasteiger partial charge is 0.342 e. The molecule has 2 saturated heterocycles. The van der Waals surface area contributed by atoms with Crippen LogP contribution in [0.4, 0.5) is 0 Å². The van der Waals surface area contributed by atoms with Gasteiger partial charge in [-0.05, 0) is 31.4 Å². The van der Waals surface area contributed by atoms with E-state index in [9.17, 15) is 9.59 Å². The molecular weight excluding hydrogens is 296 g/mol. The first-order chi connectivity index (χ1) is 10.2. The van der Waals surface area contributed by atoms with Gasteiger partial charge in [0.1, 0.15) is 0 Å². The number of nitrogens with zero attached hydrogens (tertiary/aromatic N) is 2. The van der Waals surface area contributed by atoms with E-state index in [4.69, 9.17) is 0 Å². The van der Waals surface area contributed by atoms with Crippen molar-refractivity contribution >= 4 is 23.6 Å². The smallest absolute Gasteiger partial charge is 0.232 e. The maximum atomic E-state index is 12.2. The number of amides is 2. The van der Waals surface area contributed by atoms with E-state index in [1.807, 2.05) is 11.2 Å². The molecule has 0 aromatic rings. The highest BCUT2D eigenvalue weighted by Crippen LogP contribution is 2.31. The Morgan fingerprint density at radius 1 is 1.32 bits per heavy atom. The fourth-order valence-electron chi connectivity index (χ4n) is 3.62. The molecule has 0 aromatic heterocycles. The van der Waals surface area contributed by atoms with Gasteiger partial charge in [-0.25, -0.2) is 0 Å². The molecule has 22 heavy (non-hydrogen) atoms. The normalized spacial score (nSPS) is 24.7. The third kappa shape index (κ3) is 4.64. The Kier molecular flexibility index (Phi) is 8.29. The third-order valence-corrected chi connectivity index (χ3v) is 5.30. The van der Waals surface area contributed by atoms with Crippen molar-refractivity contribution in [3.05, 3.63) is 0 Å². The van der Waals surface area contributed by atoms with Gasteiger partial charge in [0.25, 0.3) is 0 Å². The number of carbonyl (C=O) groups excluding carboxylic acids is 2. The molecule has 5 heteroatoms. The molecule has 2 atom stereocenters. The van der Waals surface area contributed by atoms with Crippen molar-refractivity contribution in [2.75, 3.05) is 31.6 Å². The monoisotopic (exact) mass is 328 g/mol. The first kappa shape index (κ1) is 19.3. The van der Waals surface area contributed by atoms with E-state index >= 15 is 0 Å². The highest BCUT2D eigenvalue weighted by atomic mass is 32.2. The average molecular weight is 329 g/mol. The number of fused-ring (bicyclic) bond motifs is 1. The lowest BCUT2D eigenvalue weighted by molar-refractivity contribution is -0.143. The van der Waals surface area contributed by atoms with Crippen molar-refractivity contribution in [1.82, 2.24) is 9.80 Å². The second kappa shape index (κ2) is 9.43. The maximum Gasteiger partial charge on any atom is 0.232 e. The number of rotatable bonds is 6. The summed E-state index contributed by atoms with van der Waals surface area (Å²) in [6, 6.07) is 0.376. The third-order valence-electron chi connectivity index (χ3n) is 4.77. The summed E-state index contributed by atoms with van der Waals surface area (Å²) in [5.41, 5.74) is 0. The molecule has 4 nitrogen and oxygen atoms in total. The van der Waals surface area contributed by atoms with Crippen LogP contribution in [-0.2, 0) is 9.59 Å². The fourth-order valence-corrected chi connectivity index (χ4v) is 4.04. The minimum atomic E-state index is 0. The van der Waals surface area contributed by atoms with Crippen molar-refractivity contribution in [1.29, 1.82) is 0 Å². The minimum Gasteiger partial charge on any atom is -0.342 e. The molecule has 0 saturated carbocycles. The highest BCUT2D eigenvalue weighted by Gasteiger charge is 2.39. The quantitative estimate of drug-likeness (QED) is 0.704. The van der Waals surface area contributed by atoms with Crippen LogP contribution in [0.5, 0.6) is 0 Å². The number of piperidine rings is 2. The van der Waals surface area contributed by atoms with Gasteiger partial charge in [-0.1, -0.05) is 27.2 Å². The second-order valence-corrected chi connectivity index (χ2v) is 7.09. The van der Waals surface area contributed by atoms with Gasteiger partial charge in [-0.15, -0.1) is 0 Å². The molecule has 0 N–H and O–H groups in total. The molecule has 2 rings (SSSR count). The van der Waals surface area contributed by atoms with Gasteiger partial charge >= 0.3 is 0 Å². The van der Waals surface area contributed by atoms with Gasteiger partial charge in [0.2, 0.25) is 11.8 Å². The lowest BCUT2D eigenvalue weighted by Gasteiger charge is -2.47. The molecule has 2 aliphatic heterocycles. The van der Waals surface area contributed by atoms with Crippen molar-refractivity contribution in [3.8, 4) is 0 Å². The summed E-state index contributed by atoms with van der Waals surface area (Å²) in [5.74, 6) is 1.66. The molecule has 2 amide bonds. The molecule has 0 bridgehead atoms. The predicted molar refractivity (Wildman–Crippen MR) is 94.1 cm³/mol. The van der Waals surface area contributed by atoms with Crippen LogP contribution in [0.3, 0.4) is 0 Å². The Hall–Kier alpha value is -0.710. The van der Waals surface area contributed by atoms with Crippen LogP contribution >= 0.6 is 11.8 Å². The molecule has 0 spiro atoms. The number of carbonyl (C=O) groups is 2. The van der Waals surface area contributed by atoms with Crippen molar-refractivity contribution in [2.24, 2.45) is 5.92 Å². The predicted octanol–water partition coefficient (Wildman–Crippen LogP) is 3.02. The topological polar surface area (TPSA) is 40.6 Å². The van der Waals surface area contributed by atoms with E-state index in [1.165, 1.54) is 12.8 Å². The first-order valence-corrected chi connectivity index (χ1v) is 9.63. The van der Waals surface area contributed by atoms with E-state index in [1.54, 1.807) is 11.8 Å². The summed E-state index contributed by atoms with van der Waals surface area (Å²) in [6.45, 7) is 4.77. The molecule has 2 aliphatic rings. The summed E-state index contributed by atoms with van der Waals surface area (Å²) in [5, 5.41) is 0. The SMILES string of the molecule is C.CCCCCN1C(=O)CC[C@H]2CN(C(=O)CSC)CC[C@@H]21. The van der Waals surface area contributed by atoms with Crippen molar-refractivity contribution in [2.45, 2.75) is 58.9 Å². The van der Waals surface area contributed by atoms with Crippen LogP contribution in [0.1, 0.15) is 52.9 Å². The molecular formula is C17H32N2O2S. The number of thioether (sulfide) groups is 1. The van der Waals surface area contributed by atoms with Crippen LogP contribution < -0.4 is 0 Å². The van der Waals surface area contributed by atoms with E-state index in [0.717, 1.165) is 38.9 Å². The van der Waals surface area contributed by atoms with Crippen molar-refractivity contribution in [3.63, 3.8) is 0 Å². The van der Waals surface area contributed by atoms with Crippen molar-refractivity contribution < 1.29 is 9.59 Å². The van der Waals surface area contributed by atoms with Gasteiger partial charge in [0.15, 0.2) is 0 Å². The second-order valence-electron chi connectivity index (χ2n) is 6.22. The number of hydrogen-bond acceptors (Lipinski definition) is 3. The Morgan fingerprint density at radius 2 is 2.09 bits per heavy atom. The standard InChI is InChI=1S/C16H28N2O2S.CH4/c1-3-4-5-9-18-14-8-10-17(16(20)12-21-2)11-13(14)6-7-15(18)19;/h13-14H,3-12H2,1-2H3;1H4/t13-,14-;/m0./s1. The zero-order chi connectivity index (χ0) is 15.2. The molecule has 2 heterocycles. The van der Waals surface area contributed by atoms with Gasteiger partial charge in [-0.3, -0.25) is 9.59 Å². The van der Waals surface area contributed by atoms with Gasteiger partial charge in [-0.2, -0.15) is 11.8 Å². The average Bonchev–Trinajstić information content (AvgIpc) is 2.49. The zero-order valence-electron chi connectivity index (χ0n) is 13.3. The van der Waals surface area contributed by atoms with Gasteiger partial charge in [0.05, 0.1) is 5.75 Å². The van der Waals surface area contributed by atoms with Crippen LogP contribution in [-0.4, -0.2) is 59.3 Å². The number of likely N-dealkylation sites (tertiary alicyclic amines) is 2. The van der Waals surface area contributed by atoms with Gasteiger partial charge < -0.3 is 9.80 Å². The van der Waals surface area contributed by atoms with E-state index in [2.05, 4.69) is 11.8 Å². The van der Waals surface area contributed by atoms with Crippen LogP contribution in [0, 0.1) is 5.92 Å². The Morgan fingerprint density at radius 3 is 2.77 bits per heavy atom. The summed E-state index contributed by atoms with van der Waals surface area (Å²) in [7, 11) is 0. The lowest BCUT2D eigenvalue weighted by atomic mass is 9.83.